The number of H-pyrrole nitrogens is 1. The topological polar surface area (TPSA) is 57.8 Å². The lowest BCUT2D eigenvalue weighted by molar-refractivity contribution is -0.120. The molecule has 1 amide bonds. The van der Waals surface area contributed by atoms with Crippen LogP contribution in [0.3, 0.4) is 0 Å². The van der Waals surface area contributed by atoms with Gasteiger partial charge in [-0.25, -0.2) is 9.37 Å². The van der Waals surface area contributed by atoms with Crippen molar-refractivity contribution in [1.29, 1.82) is 0 Å². The maximum Gasteiger partial charge on any atom is 0.225 e. The zero-order valence-electron chi connectivity index (χ0n) is 15.4. The Morgan fingerprint density at radius 2 is 2.00 bits per heavy atom. The highest BCUT2D eigenvalue weighted by Gasteiger charge is 2.14. The van der Waals surface area contributed by atoms with E-state index in [1.165, 1.54) is 28.4 Å². The van der Waals surface area contributed by atoms with Gasteiger partial charge in [-0.3, -0.25) is 4.79 Å². The Labute approximate surface area is 166 Å². The molecule has 4 aromatic rings. The number of carbonyl (C=O) groups excluding carboxylic acids is 1. The van der Waals surface area contributed by atoms with Crippen molar-refractivity contribution in [3.05, 3.63) is 77.2 Å². The summed E-state index contributed by atoms with van der Waals surface area (Å²) in [6.45, 7) is 2.00. The van der Waals surface area contributed by atoms with Crippen molar-refractivity contribution in [1.82, 2.24) is 15.3 Å². The number of hydrogen-bond donors (Lipinski definition) is 2. The Kier molecular flexibility index (Phi) is 5.21. The van der Waals surface area contributed by atoms with Gasteiger partial charge in [0.2, 0.25) is 5.91 Å². The summed E-state index contributed by atoms with van der Waals surface area (Å²) in [7, 11) is 0. The molecule has 0 radical (unpaired) electrons. The molecule has 4 nitrogen and oxygen atoms in total. The number of carbonyl (C=O) groups is 1. The molecule has 0 saturated heterocycles. The fourth-order valence-electron chi connectivity index (χ4n) is 3.31. The zero-order valence-corrected chi connectivity index (χ0v) is 16.2. The lowest BCUT2D eigenvalue weighted by Gasteiger charge is -2.13. The fourth-order valence-corrected chi connectivity index (χ4v) is 4.25. The summed E-state index contributed by atoms with van der Waals surface area (Å²) in [4.78, 5) is 20.8. The molecular formula is C22H20FN3OS. The number of para-hydroxylation sites is 1. The summed E-state index contributed by atoms with van der Waals surface area (Å²) < 4.78 is 13.9. The number of aromatic amines is 1. The van der Waals surface area contributed by atoms with Crippen LogP contribution in [-0.2, 0) is 17.6 Å². The first-order valence-electron chi connectivity index (χ1n) is 9.14. The molecule has 0 aliphatic heterocycles. The van der Waals surface area contributed by atoms with Crippen molar-refractivity contribution in [2.45, 2.75) is 25.8 Å². The summed E-state index contributed by atoms with van der Waals surface area (Å²) >= 11 is 1.35. The maximum absolute atomic E-state index is 13.9. The van der Waals surface area contributed by atoms with Gasteiger partial charge < -0.3 is 10.3 Å². The van der Waals surface area contributed by atoms with Crippen LogP contribution in [0.25, 0.3) is 21.5 Å². The number of nitrogens with zero attached hydrogens (tertiary/aromatic N) is 1. The van der Waals surface area contributed by atoms with Gasteiger partial charge in [-0.2, -0.15) is 0 Å². The van der Waals surface area contributed by atoms with Crippen LogP contribution in [-0.4, -0.2) is 21.9 Å². The summed E-state index contributed by atoms with van der Waals surface area (Å²) in [6.07, 6.45) is 4.64. The van der Waals surface area contributed by atoms with Gasteiger partial charge in [-0.15, -0.1) is 11.3 Å². The quantitative estimate of drug-likeness (QED) is 0.498. The largest absolute Gasteiger partial charge is 0.361 e. The summed E-state index contributed by atoms with van der Waals surface area (Å²) in [5, 5.41) is 4.82. The van der Waals surface area contributed by atoms with E-state index in [2.05, 4.69) is 21.4 Å². The molecule has 142 valence electrons. The Morgan fingerprint density at radius 1 is 1.21 bits per heavy atom. The van der Waals surface area contributed by atoms with Gasteiger partial charge in [-0.1, -0.05) is 30.3 Å². The highest BCUT2D eigenvalue weighted by molar-refractivity contribution is 7.15. The number of amides is 1. The molecule has 4 rings (SSSR count). The third kappa shape index (κ3) is 3.97. The first-order chi connectivity index (χ1) is 13.6. The number of thiazole rings is 1. The third-order valence-electron chi connectivity index (χ3n) is 4.60. The first kappa shape index (κ1) is 18.4. The molecule has 0 spiro atoms. The normalized spacial score (nSPS) is 12.2. The van der Waals surface area contributed by atoms with Crippen molar-refractivity contribution < 1.29 is 9.18 Å². The zero-order chi connectivity index (χ0) is 19.5. The maximum atomic E-state index is 13.9. The Hall–Kier alpha value is -2.99. The number of hydrogen-bond acceptors (Lipinski definition) is 3. The number of aromatic nitrogens is 2. The molecule has 2 N–H and O–H groups in total. The molecule has 0 unspecified atom stereocenters. The molecule has 2 aromatic carbocycles. The van der Waals surface area contributed by atoms with Crippen LogP contribution in [0.2, 0.25) is 0 Å². The molecular weight excluding hydrogens is 373 g/mol. The third-order valence-corrected chi connectivity index (χ3v) is 5.63. The first-order valence-corrected chi connectivity index (χ1v) is 9.96. The number of fused-ring (bicyclic) bond motifs is 1. The van der Waals surface area contributed by atoms with Crippen LogP contribution in [0, 0.1) is 5.82 Å². The predicted molar refractivity (Wildman–Crippen MR) is 111 cm³/mol. The Balaban J connectivity index is 1.37. The van der Waals surface area contributed by atoms with Gasteiger partial charge in [0.1, 0.15) is 10.8 Å². The van der Waals surface area contributed by atoms with E-state index in [1.54, 1.807) is 24.4 Å². The number of rotatable bonds is 6. The van der Waals surface area contributed by atoms with Gasteiger partial charge in [0.15, 0.2) is 0 Å². The molecule has 0 aliphatic rings. The minimum absolute atomic E-state index is 0.00525. The monoisotopic (exact) mass is 393 g/mol. The molecule has 28 heavy (non-hydrogen) atoms. The van der Waals surface area contributed by atoms with E-state index in [0.717, 1.165) is 16.8 Å². The van der Waals surface area contributed by atoms with Crippen molar-refractivity contribution in [2.24, 2.45) is 0 Å². The van der Waals surface area contributed by atoms with Crippen molar-refractivity contribution in [3.63, 3.8) is 0 Å². The summed E-state index contributed by atoms with van der Waals surface area (Å²) in [6, 6.07) is 14.7. The van der Waals surface area contributed by atoms with Gasteiger partial charge in [0.05, 0.1) is 6.42 Å². The van der Waals surface area contributed by atoms with E-state index < -0.39 is 0 Å². The molecule has 2 aromatic heterocycles. The second kappa shape index (κ2) is 7.94. The lowest BCUT2D eigenvalue weighted by atomic mass is 10.1. The van der Waals surface area contributed by atoms with E-state index in [1.807, 2.05) is 31.3 Å². The molecule has 2 heterocycles. The minimum atomic E-state index is -0.305. The summed E-state index contributed by atoms with van der Waals surface area (Å²) in [5.74, 6) is -0.365. The van der Waals surface area contributed by atoms with E-state index >= 15 is 0 Å². The van der Waals surface area contributed by atoms with Gasteiger partial charge in [-0.05, 0) is 37.1 Å². The second-order valence-electron chi connectivity index (χ2n) is 6.82. The lowest BCUT2D eigenvalue weighted by Crippen LogP contribution is -2.34. The predicted octanol–water partition coefficient (Wildman–Crippen LogP) is 4.72. The van der Waals surface area contributed by atoms with Gasteiger partial charge >= 0.3 is 0 Å². The minimum Gasteiger partial charge on any atom is -0.361 e. The van der Waals surface area contributed by atoms with Crippen LogP contribution < -0.4 is 5.32 Å². The van der Waals surface area contributed by atoms with Crippen LogP contribution in [0.15, 0.2) is 60.9 Å². The number of benzene rings is 2. The van der Waals surface area contributed by atoms with Crippen LogP contribution in [0.1, 0.15) is 17.4 Å². The Bertz CT molecular complexity index is 1120. The van der Waals surface area contributed by atoms with E-state index in [-0.39, 0.29) is 24.2 Å². The molecule has 0 aliphatic carbocycles. The number of nitrogens with one attached hydrogen (secondary N) is 2. The molecule has 0 fully saturated rings. The summed E-state index contributed by atoms with van der Waals surface area (Å²) in [5.41, 5.74) is 2.75. The van der Waals surface area contributed by atoms with E-state index in [0.29, 0.717) is 10.6 Å². The van der Waals surface area contributed by atoms with E-state index in [4.69, 9.17) is 0 Å². The van der Waals surface area contributed by atoms with E-state index in [9.17, 15) is 9.18 Å². The second-order valence-corrected chi connectivity index (χ2v) is 7.94. The standard InChI is InChI=1S/C22H20FN3OS/c1-14(10-15-12-24-20-9-5-3-6-17(15)20)26-21(27)11-16-13-25-22(28-16)18-7-2-4-8-19(18)23/h2-9,12-14,24H,10-11H2,1H3,(H,26,27)/t14-/m0/s1. The van der Waals surface area contributed by atoms with Gasteiger partial charge in [0.25, 0.3) is 0 Å². The van der Waals surface area contributed by atoms with Crippen molar-refractivity contribution in [3.8, 4) is 10.6 Å². The SMILES string of the molecule is C[C@@H](Cc1c[nH]c2ccccc12)NC(=O)Cc1cnc(-c2ccccc2F)s1. The Morgan fingerprint density at radius 3 is 2.86 bits per heavy atom. The highest BCUT2D eigenvalue weighted by Crippen LogP contribution is 2.27. The van der Waals surface area contributed by atoms with Crippen molar-refractivity contribution in [2.75, 3.05) is 0 Å². The van der Waals surface area contributed by atoms with Gasteiger partial charge in [0, 0.05) is 39.8 Å². The smallest absolute Gasteiger partial charge is 0.225 e. The van der Waals surface area contributed by atoms with Crippen LogP contribution >= 0.6 is 11.3 Å². The molecule has 0 bridgehead atoms. The average Bonchev–Trinajstić information content (AvgIpc) is 3.29. The molecule has 0 saturated carbocycles. The molecule has 1 atom stereocenters. The highest BCUT2D eigenvalue weighted by atomic mass is 32.1. The average molecular weight is 393 g/mol. The number of halogens is 1. The van der Waals surface area contributed by atoms with Crippen LogP contribution in [0.5, 0.6) is 0 Å². The van der Waals surface area contributed by atoms with Crippen LogP contribution in [0.4, 0.5) is 4.39 Å². The fraction of sp³-hybridized carbons (Fsp3) is 0.182. The molecule has 6 heteroatoms. The van der Waals surface area contributed by atoms with Crippen molar-refractivity contribution >= 4 is 28.1 Å².